The maximum Gasteiger partial charge on any atom is 0.312 e. The zero-order valence-electron chi connectivity index (χ0n) is 26.5. The molecule has 236 valence electrons. The molecule has 0 aromatic heterocycles. The van der Waals surface area contributed by atoms with Gasteiger partial charge in [-0.1, -0.05) is 19.1 Å². The average molecular weight is 596 g/mol. The molecule has 9 nitrogen and oxygen atoms in total. The molecule has 1 spiro atoms. The molecule has 0 radical (unpaired) electrons. The van der Waals surface area contributed by atoms with Gasteiger partial charge in [-0.15, -0.1) is 13.2 Å². The highest BCUT2D eigenvalue weighted by Crippen LogP contribution is 2.65. The molecule has 3 heterocycles. The number of aliphatic hydroxyl groups is 1. The summed E-state index contributed by atoms with van der Waals surface area (Å²) in [5, 5.41) is 10.2. The Balaban J connectivity index is 1.72. The molecular weight excluding hydrogens is 546 g/mol. The zero-order chi connectivity index (χ0) is 31.5. The quantitative estimate of drug-likeness (QED) is 0.183. The van der Waals surface area contributed by atoms with Gasteiger partial charge in [0.1, 0.15) is 17.6 Å². The van der Waals surface area contributed by atoms with Crippen molar-refractivity contribution in [2.75, 3.05) is 42.6 Å². The Labute approximate surface area is 256 Å². The number of benzene rings is 1. The SMILES string of the molecule is C=CCCCCOC(=O)[C@H]1[C@H]2C(=O)N([C@H](C)CO)C(C(=O)N(CC=C)c3ccc(N(CC)CC)cc3)C23CC(C)[C@]1(C)O3. The number of carbonyl (C=O) groups is 3. The van der Waals surface area contributed by atoms with Crippen molar-refractivity contribution in [3.63, 3.8) is 0 Å². The average Bonchev–Trinajstić information content (AvgIpc) is 3.52. The number of ether oxygens (including phenoxy) is 2. The van der Waals surface area contributed by atoms with Crippen molar-refractivity contribution in [3.8, 4) is 0 Å². The van der Waals surface area contributed by atoms with Gasteiger partial charge in [0.05, 0.1) is 30.8 Å². The van der Waals surface area contributed by atoms with Crippen LogP contribution >= 0.6 is 0 Å². The van der Waals surface area contributed by atoms with Crippen molar-refractivity contribution in [1.82, 2.24) is 4.90 Å². The van der Waals surface area contributed by atoms with E-state index in [2.05, 4.69) is 31.9 Å². The van der Waals surface area contributed by atoms with E-state index < -0.39 is 41.1 Å². The van der Waals surface area contributed by atoms with Crippen LogP contribution in [-0.4, -0.2) is 83.9 Å². The van der Waals surface area contributed by atoms with E-state index in [1.54, 1.807) is 17.9 Å². The lowest BCUT2D eigenvalue weighted by atomic mass is 9.62. The molecule has 3 aliphatic rings. The van der Waals surface area contributed by atoms with Crippen molar-refractivity contribution in [2.24, 2.45) is 17.8 Å². The van der Waals surface area contributed by atoms with Crippen molar-refractivity contribution in [2.45, 2.75) is 83.6 Å². The lowest BCUT2D eigenvalue weighted by Gasteiger charge is -2.38. The third-order valence-corrected chi connectivity index (χ3v) is 9.89. The number of allylic oxidation sites excluding steroid dienone is 1. The first-order chi connectivity index (χ1) is 20.6. The predicted octanol–water partition coefficient (Wildman–Crippen LogP) is 4.34. The van der Waals surface area contributed by atoms with Crippen molar-refractivity contribution in [1.29, 1.82) is 0 Å². The number of nitrogens with zero attached hydrogens (tertiary/aromatic N) is 3. The second kappa shape index (κ2) is 13.2. The molecule has 7 atom stereocenters. The zero-order valence-corrected chi connectivity index (χ0v) is 26.5. The standard InChI is InChI=1S/C34H49N3O6/c1-8-12-13-14-20-42-32(41)28-27-30(39)37(24(6)22-38)29(34(27)21-23(5)33(28,7)43-34)31(40)36(19-9-2)26-17-15-25(16-18-26)35(10-3)11-4/h8-9,15-18,23-24,27-29,38H,1-2,10-14,19-22H2,3-7H3/t23?,24-,27+,28-,29?,33+,34?/m1/s1. The molecule has 0 saturated carbocycles. The summed E-state index contributed by atoms with van der Waals surface area (Å²) in [6.45, 7) is 19.3. The summed E-state index contributed by atoms with van der Waals surface area (Å²) in [4.78, 5) is 48.0. The molecular formula is C34H49N3O6. The van der Waals surface area contributed by atoms with E-state index in [0.717, 1.165) is 31.6 Å². The molecule has 3 saturated heterocycles. The summed E-state index contributed by atoms with van der Waals surface area (Å²) < 4.78 is 12.5. The Morgan fingerprint density at radius 3 is 2.40 bits per heavy atom. The number of hydrogen-bond acceptors (Lipinski definition) is 7. The predicted molar refractivity (Wildman–Crippen MR) is 168 cm³/mol. The minimum atomic E-state index is -1.22. The minimum absolute atomic E-state index is 0.101. The third-order valence-electron chi connectivity index (χ3n) is 9.89. The first-order valence-electron chi connectivity index (χ1n) is 15.7. The van der Waals surface area contributed by atoms with E-state index in [0.29, 0.717) is 18.5 Å². The van der Waals surface area contributed by atoms with Crippen LogP contribution < -0.4 is 9.80 Å². The van der Waals surface area contributed by atoms with Crippen LogP contribution in [0, 0.1) is 17.8 Å². The van der Waals surface area contributed by atoms with Gasteiger partial charge < -0.3 is 29.3 Å². The highest BCUT2D eigenvalue weighted by atomic mass is 16.6. The largest absolute Gasteiger partial charge is 0.465 e. The summed E-state index contributed by atoms with van der Waals surface area (Å²) >= 11 is 0. The molecule has 3 unspecified atom stereocenters. The van der Waals surface area contributed by atoms with Crippen LogP contribution in [0.3, 0.4) is 0 Å². The van der Waals surface area contributed by atoms with Crippen molar-refractivity contribution in [3.05, 3.63) is 49.6 Å². The van der Waals surface area contributed by atoms with Gasteiger partial charge in [-0.3, -0.25) is 14.4 Å². The van der Waals surface area contributed by atoms with Gasteiger partial charge in [0.15, 0.2) is 0 Å². The van der Waals surface area contributed by atoms with E-state index in [1.165, 1.54) is 4.90 Å². The molecule has 2 amide bonds. The Hall–Kier alpha value is -3.17. The van der Waals surface area contributed by atoms with Gasteiger partial charge in [-0.2, -0.15) is 0 Å². The number of carbonyl (C=O) groups excluding carboxylic acids is 3. The number of amides is 2. The molecule has 0 aliphatic carbocycles. The topological polar surface area (TPSA) is 99.6 Å². The Morgan fingerprint density at radius 1 is 1.16 bits per heavy atom. The number of hydrogen-bond donors (Lipinski definition) is 1. The Bertz CT molecular complexity index is 1200. The van der Waals surface area contributed by atoms with E-state index in [4.69, 9.17) is 9.47 Å². The van der Waals surface area contributed by atoms with Crippen LogP contribution in [0.15, 0.2) is 49.6 Å². The monoisotopic (exact) mass is 595 g/mol. The van der Waals surface area contributed by atoms with Gasteiger partial charge in [0, 0.05) is 31.0 Å². The summed E-state index contributed by atoms with van der Waals surface area (Å²) in [7, 11) is 0. The number of fused-ring (bicyclic) bond motifs is 1. The fraction of sp³-hybridized carbons (Fsp3) is 0.618. The van der Waals surface area contributed by atoms with Crippen molar-refractivity contribution < 1.29 is 29.0 Å². The fourth-order valence-corrected chi connectivity index (χ4v) is 7.56. The fourth-order valence-electron chi connectivity index (χ4n) is 7.56. The number of rotatable bonds is 15. The number of likely N-dealkylation sites (tertiary alicyclic amines) is 1. The van der Waals surface area contributed by atoms with E-state index in [-0.39, 0.29) is 37.5 Å². The van der Waals surface area contributed by atoms with Gasteiger partial charge >= 0.3 is 5.97 Å². The van der Waals surface area contributed by atoms with Crippen LogP contribution in [-0.2, 0) is 23.9 Å². The van der Waals surface area contributed by atoms with E-state index in [1.807, 2.05) is 44.2 Å². The second-order valence-corrected chi connectivity index (χ2v) is 12.4. The first-order valence-corrected chi connectivity index (χ1v) is 15.7. The Morgan fingerprint density at radius 2 is 1.81 bits per heavy atom. The second-order valence-electron chi connectivity index (χ2n) is 12.4. The molecule has 2 bridgehead atoms. The first kappa shape index (κ1) is 32.7. The number of unbranched alkanes of at least 4 members (excludes halogenated alkanes) is 2. The van der Waals surface area contributed by atoms with Crippen LogP contribution in [0.4, 0.5) is 11.4 Å². The van der Waals surface area contributed by atoms with E-state index in [9.17, 15) is 19.5 Å². The highest BCUT2D eigenvalue weighted by molar-refractivity contribution is 6.05. The minimum Gasteiger partial charge on any atom is -0.465 e. The molecule has 1 aromatic rings. The highest BCUT2D eigenvalue weighted by Gasteiger charge is 2.80. The third kappa shape index (κ3) is 5.50. The summed E-state index contributed by atoms with van der Waals surface area (Å²) in [5.74, 6) is -2.96. The summed E-state index contributed by atoms with van der Waals surface area (Å²) in [6.07, 6.45) is 6.31. The normalized spacial score (nSPS) is 29.7. The van der Waals surface area contributed by atoms with Gasteiger partial charge in [0.2, 0.25) is 5.91 Å². The Kier molecular flexibility index (Phi) is 10.1. The summed E-state index contributed by atoms with van der Waals surface area (Å²) in [6, 6.07) is 6.11. The molecule has 4 rings (SSSR count). The van der Waals surface area contributed by atoms with Crippen molar-refractivity contribution >= 4 is 29.2 Å². The number of esters is 1. The number of aliphatic hydroxyl groups excluding tert-OH is 1. The van der Waals surface area contributed by atoms with Crippen LogP contribution in [0.25, 0.3) is 0 Å². The van der Waals surface area contributed by atoms with Crippen LogP contribution in [0.5, 0.6) is 0 Å². The molecule has 1 aromatic carbocycles. The molecule has 3 fully saturated rings. The summed E-state index contributed by atoms with van der Waals surface area (Å²) in [5.41, 5.74) is -0.457. The smallest absolute Gasteiger partial charge is 0.312 e. The van der Waals surface area contributed by atoms with Crippen LogP contribution in [0.2, 0.25) is 0 Å². The molecule has 1 N–H and O–H groups in total. The maximum atomic E-state index is 14.7. The molecule has 9 heteroatoms. The van der Waals surface area contributed by atoms with Gasteiger partial charge in [-0.05, 0) is 83.6 Å². The van der Waals surface area contributed by atoms with Gasteiger partial charge in [-0.25, -0.2) is 0 Å². The molecule has 3 aliphatic heterocycles. The number of anilines is 2. The molecule has 43 heavy (non-hydrogen) atoms. The van der Waals surface area contributed by atoms with E-state index >= 15 is 0 Å². The van der Waals surface area contributed by atoms with Gasteiger partial charge in [0.25, 0.3) is 5.91 Å². The van der Waals surface area contributed by atoms with Crippen LogP contribution in [0.1, 0.15) is 60.3 Å². The lowest BCUT2D eigenvalue weighted by molar-refractivity contribution is -0.162. The maximum absolute atomic E-state index is 14.7. The lowest BCUT2D eigenvalue weighted by Crippen LogP contribution is -2.58.